The number of hydrogen-bond donors (Lipinski definition) is 0. The highest BCUT2D eigenvalue weighted by Gasteiger charge is 2.28. The van der Waals surface area contributed by atoms with Gasteiger partial charge in [-0.15, -0.1) is 11.3 Å². The first-order valence-corrected chi connectivity index (χ1v) is 7.66. The number of aryl methyl sites for hydroxylation is 2. The van der Waals surface area contributed by atoms with Crippen LogP contribution in [0.1, 0.15) is 45.7 Å². The van der Waals surface area contributed by atoms with Gasteiger partial charge in [-0.25, -0.2) is 0 Å². The van der Waals surface area contributed by atoms with Gasteiger partial charge in [0.1, 0.15) is 0 Å². The molecule has 20 heavy (non-hydrogen) atoms. The van der Waals surface area contributed by atoms with Crippen LogP contribution in [0.15, 0.2) is 16.0 Å². The lowest BCUT2D eigenvalue weighted by atomic mass is 9.96. The summed E-state index contributed by atoms with van der Waals surface area (Å²) in [4.78, 5) is 19.5. The van der Waals surface area contributed by atoms with Crippen LogP contribution < -0.4 is 0 Å². The zero-order valence-electron chi connectivity index (χ0n) is 11.6. The Labute approximate surface area is 121 Å². The Bertz CT molecular complexity index is 611. The summed E-state index contributed by atoms with van der Waals surface area (Å²) >= 11 is 1.52. The molecule has 0 radical (unpaired) electrons. The molecule has 0 atom stereocenters. The van der Waals surface area contributed by atoms with Crippen molar-refractivity contribution >= 4 is 17.2 Å². The number of nitrogens with zero attached hydrogens (tertiary/aromatic N) is 3. The van der Waals surface area contributed by atoms with Gasteiger partial charge in [-0.05, 0) is 43.7 Å². The number of likely N-dealkylation sites (tertiary alicyclic amines) is 1. The predicted octanol–water partition coefficient (Wildman–Crippen LogP) is 2.77. The molecule has 5 nitrogen and oxygen atoms in total. The summed E-state index contributed by atoms with van der Waals surface area (Å²) in [5.74, 6) is 1.82. The predicted molar refractivity (Wildman–Crippen MR) is 76.0 cm³/mol. The van der Waals surface area contributed by atoms with E-state index in [0.29, 0.717) is 11.7 Å². The second kappa shape index (κ2) is 5.36. The van der Waals surface area contributed by atoms with Crippen molar-refractivity contribution in [3.8, 4) is 0 Å². The molecular formula is C14H17N3O2S. The maximum absolute atomic E-state index is 12.4. The van der Waals surface area contributed by atoms with Gasteiger partial charge in [0.25, 0.3) is 5.91 Å². The van der Waals surface area contributed by atoms with Crippen LogP contribution in [0, 0.1) is 13.8 Å². The molecule has 0 bridgehead atoms. The molecule has 1 aliphatic heterocycles. The molecule has 3 rings (SSSR count). The Morgan fingerprint density at radius 2 is 2.15 bits per heavy atom. The SMILES string of the molecule is Cc1noc(C2CCN(C(=O)c3sccc3C)CC2)n1. The highest BCUT2D eigenvalue weighted by Crippen LogP contribution is 2.28. The third-order valence-corrected chi connectivity index (χ3v) is 4.74. The molecule has 0 aromatic carbocycles. The van der Waals surface area contributed by atoms with Gasteiger partial charge in [-0.3, -0.25) is 4.79 Å². The lowest BCUT2D eigenvalue weighted by Crippen LogP contribution is -2.37. The fourth-order valence-corrected chi connectivity index (χ4v) is 3.44. The van der Waals surface area contributed by atoms with Crippen LogP contribution in [0.2, 0.25) is 0 Å². The van der Waals surface area contributed by atoms with E-state index in [1.54, 1.807) is 0 Å². The van der Waals surface area contributed by atoms with E-state index in [4.69, 9.17) is 4.52 Å². The molecule has 1 aliphatic rings. The van der Waals surface area contributed by atoms with E-state index in [9.17, 15) is 4.79 Å². The van der Waals surface area contributed by atoms with Gasteiger partial charge in [0.05, 0.1) is 4.88 Å². The number of carbonyl (C=O) groups is 1. The normalized spacial score (nSPS) is 16.6. The summed E-state index contributed by atoms with van der Waals surface area (Å²) in [6.07, 6.45) is 1.77. The highest BCUT2D eigenvalue weighted by atomic mass is 32.1. The van der Waals surface area contributed by atoms with E-state index < -0.39 is 0 Å². The second-order valence-corrected chi connectivity index (χ2v) is 6.10. The van der Waals surface area contributed by atoms with E-state index in [-0.39, 0.29) is 11.8 Å². The largest absolute Gasteiger partial charge is 0.339 e. The fraction of sp³-hybridized carbons (Fsp3) is 0.500. The summed E-state index contributed by atoms with van der Waals surface area (Å²) in [7, 11) is 0. The molecular weight excluding hydrogens is 274 g/mol. The molecule has 0 unspecified atom stereocenters. The van der Waals surface area contributed by atoms with Gasteiger partial charge in [-0.2, -0.15) is 4.98 Å². The molecule has 106 valence electrons. The number of thiophene rings is 1. The van der Waals surface area contributed by atoms with Crippen LogP contribution in [0.3, 0.4) is 0 Å². The molecule has 0 spiro atoms. The van der Waals surface area contributed by atoms with Crippen LogP contribution in [-0.2, 0) is 0 Å². The van der Waals surface area contributed by atoms with Gasteiger partial charge in [0, 0.05) is 19.0 Å². The quantitative estimate of drug-likeness (QED) is 0.853. The monoisotopic (exact) mass is 291 g/mol. The molecule has 2 aromatic heterocycles. The summed E-state index contributed by atoms with van der Waals surface area (Å²) in [5.41, 5.74) is 1.06. The first-order valence-electron chi connectivity index (χ1n) is 6.78. The lowest BCUT2D eigenvalue weighted by Gasteiger charge is -2.30. The van der Waals surface area contributed by atoms with Crippen LogP contribution in [0.25, 0.3) is 0 Å². The fourth-order valence-electron chi connectivity index (χ4n) is 2.54. The first-order chi connectivity index (χ1) is 9.65. The van der Waals surface area contributed by atoms with Crippen molar-refractivity contribution in [3.63, 3.8) is 0 Å². The Morgan fingerprint density at radius 1 is 1.40 bits per heavy atom. The standard InChI is InChI=1S/C14H17N3O2S/c1-9-5-8-20-12(9)14(18)17-6-3-11(4-7-17)13-15-10(2)16-19-13/h5,8,11H,3-4,6-7H2,1-2H3. The minimum absolute atomic E-state index is 0.151. The van der Waals surface area contributed by atoms with Gasteiger partial charge in [-0.1, -0.05) is 5.16 Å². The van der Waals surface area contributed by atoms with E-state index >= 15 is 0 Å². The van der Waals surface area contributed by atoms with Crippen molar-refractivity contribution in [1.82, 2.24) is 15.0 Å². The topological polar surface area (TPSA) is 59.2 Å². The van der Waals surface area contributed by atoms with Crippen molar-refractivity contribution in [3.05, 3.63) is 33.6 Å². The van der Waals surface area contributed by atoms with E-state index in [1.165, 1.54) is 11.3 Å². The van der Waals surface area contributed by atoms with Crippen molar-refractivity contribution in [1.29, 1.82) is 0 Å². The van der Waals surface area contributed by atoms with Crippen LogP contribution >= 0.6 is 11.3 Å². The van der Waals surface area contributed by atoms with E-state index in [2.05, 4.69) is 10.1 Å². The molecule has 0 N–H and O–H groups in total. The smallest absolute Gasteiger partial charge is 0.264 e. The highest BCUT2D eigenvalue weighted by molar-refractivity contribution is 7.12. The van der Waals surface area contributed by atoms with Crippen molar-refractivity contribution in [2.75, 3.05) is 13.1 Å². The van der Waals surface area contributed by atoms with Gasteiger partial charge in [0.2, 0.25) is 5.89 Å². The Hall–Kier alpha value is -1.69. The number of rotatable bonds is 2. The summed E-state index contributed by atoms with van der Waals surface area (Å²) in [5, 5.41) is 5.80. The average molecular weight is 291 g/mol. The molecule has 1 amide bonds. The zero-order chi connectivity index (χ0) is 14.1. The molecule has 2 aromatic rings. The zero-order valence-corrected chi connectivity index (χ0v) is 12.4. The summed E-state index contributed by atoms with van der Waals surface area (Å²) in [6, 6.07) is 1.99. The van der Waals surface area contributed by atoms with Crippen molar-refractivity contribution in [2.45, 2.75) is 32.6 Å². The van der Waals surface area contributed by atoms with Crippen molar-refractivity contribution < 1.29 is 9.32 Å². The van der Waals surface area contributed by atoms with E-state index in [1.807, 2.05) is 30.2 Å². The molecule has 0 aliphatic carbocycles. The number of piperidine rings is 1. The number of hydrogen-bond acceptors (Lipinski definition) is 5. The molecule has 1 fully saturated rings. The lowest BCUT2D eigenvalue weighted by molar-refractivity contribution is 0.0709. The average Bonchev–Trinajstić information content (AvgIpc) is 3.07. The van der Waals surface area contributed by atoms with Crippen LogP contribution in [-0.4, -0.2) is 34.0 Å². The molecule has 3 heterocycles. The summed E-state index contributed by atoms with van der Waals surface area (Å²) < 4.78 is 5.23. The van der Waals surface area contributed by atoms with Crippen molar-refractivity contribution in [2.24, 2.45) is 0 Å². The Kier molecular flexibility index (Phi) is 3.56. The van der Waals surface area contributed by atoms with E-state index in [0.717, 1.165) is 36.4 Å². The molecule has 1 saturated heterocycles. The maximum Gasteiger partial charge on any atom is 0.264 e. The number of amides is 1. The number of aromatic nitrogens is 2. The molecule has 0 saturated carbocycles. The minimum Gasteiger partial charge on any atom is -0.339 e. The number of carbonyl (C=O) groups excluding carboxylic acids is 1. The first kappa shape index (κ1) is 13.3. The van der Waals surface area contributed by atoms with Gasteiger partial charge in [0.15, 0.2) is 5.82 Å². The van der Waals surface area contributed by atoms with Crippen LogP contribution in [0.4, 0.5) is 0 Å². The Balaban J connectivity index is 1.64. The van der Waals surface area contributed by atoms with Crippen LogP contribution in [0.5, 0.6) is 0 Å². The minimum atomic E-state index is 0.151. The third-order valence-electron chi connectivity index (χ3n) is 3.73. The van der Waals surface area contributed by atoms with Gasteiger partial charge >= 0.3 is 0 Å². The third kappa shape index (κ3) is 2.47. The van der Waals surface area contributed by atoms with Gasteiger partial charge < -0.3 is 9.42 Å². The summed E-state index contributed by atoms with van der Waals surface area (Å²) in [6.45, 7) is 5.31. The second-order valence-electron chi connectivity index (χ2n) is 5.18. The maximum atomic E-state index is 12.4. The molecule has 6 heteroatoms. The Morgan fingerprint density at radius 3 is 2.70 bits per heavy atom.